The van der Waals surface area contributed by atoms with E-state index < -0.39 is 16.0 Å². The molecule has 0 aliphatic heterocycles. The van der Waals surface area contributed by atoms with Crippen molar-refractivity contribution in [3.05, 3.63) is 59.2 Å². The van der Waals surface area contributed by atoms with Crippen molar-refractivity contribution in [1.29, 1.82) is 0 Å². The van der Waals surface area contributed by atoms with Gasteiger partial charge in [0.25, 0.3) is 10.0 Å². The number of halogens is 2. The number of anilines is 1. The molecule has 0 unspecified atom stereocenters. The summed E-state index contributed by atoms with van der Waals surface area (Å²) in [6.45, 7) is 0. The first-order valence-corrected chi connectivity index (χ1v) is 9.64. The van der Waals surface area contributed by atoms with Crippen molar-refractivity contribution in [2.24, 2.45) is 16.5 Å². The van der Waals surface area contributed by atoms with E-state index in [9.17, 15) is 18.3 Å². The lowest BCUT2D eigenvalue weighted by Gasteiger charge is -2.11. The van der Waals surface area contributed by atoms with Crippen LogP contribution in [0.1, 0.15) is 10.4 Å². The summed E-state index contributed by atoms with van der Waals surface area (Å²) in [4.78, 5) is 17.9. The summed E-state index contributed by atoms with van der Waals surface area (Å²) in [6.07, 6.45) is 1.47. The van der Waals surface area contributed by atoms with Crippen LogP contribution in [-0.2, 0) is 10.0 Å². The summed E-state index contributed by atoms with van der Waals surface area (Å²) in [7, 11) is -4.10. The maximum absolute atomic E-state index is 12.8. The molecule has 0 bridgehead atoms. The molecule has 29 heavy (non-hydrogen) atoms. The van der Waals surface area contributed by atoms with Gasteiger partial charge in [0.2, 0.25) is 0 Å². The molecule has 0 spiro atoms. The monoisotopic (exact) mass is 455 g/mol. The van der Waals surface area contributed by atoms with Crippen LogP contribution in [0.4, 0.5) is 11.5 Å². The van der Waals surface area contributed by atoms with Crippen LogP contribution in [-0.4, -0.2) is 25.5 Å². The van der Waals surface area contributed by atoms with Gasteiger partial charge in [0.15, 0.2) is 0 Å². The third-order valence-corrected chi connectivity index (χ3v) is 5.47. The lowest BCUT2D eigenvalue weighted by atomic mass is 10.1. The Hall–Kier alpha value is -3.08. The van der Waals surface area contributed by atoms with E-state index >= 15 is 0 Å². The molecule has 0 saturated carbocycles. The standard InChI is InChI=1S/C17H14ClN5O4S.ClH/c18-13-8-21-15(22-17(19)20)12-7-9(5-6-10(12)13)28(26,27)23-14-4-2-1-3-11(14)16(24)25;/h1-8,23H,(H,24,25)(H4,19,20,21,22);1H. The zero-order chi connectivity index (χ0) is 20.5. The first-order valence-electron chi connectivity index (χ1n) is 7.78. The molecule has 0 amide bonds. The number of para-hydroxylation sites is 1. The topological polar surface area (TPSA) is 162 Å². The van der Waals surface area contributed by atoms with E-state index in [-0.39, 0.29) is 40.3 Å². The quantitative estimate of drug-likeness (QED) is 0.276. The van der Waals surface area contributed by atoms with Gasteiger partial charge in [-0.05, 0) is 29.3 Å². The number of rotatable bonds is 5. The fraction of sp³-hybridized carbons (Fsp3) is 0. The Morgan fingerprint density at radius 3 is 2.48 bits per heavy atom. The number of fused-ring (bicyclic) bond motifs is 1. The zero-order valence-electron chi connectivity index (χ0n) is 14.6. The third-order valence-electron chi connectivity index (χ3n) is 3.79. The maximum atomic E-state index is 12.8. The van der Waals surface area contributed by atoms with Crippen LogP contribution in [0.3, 0.4) is 0 Å². The lowest BCUT2D eigenvalue weighted by molar-refractivity contribution is -0.360. The number of benzene rings is 2. The first-order chi connectivity index (χ1) is 13.2. The number of hydrogen-bond acceptors (Lipinski definition) is 4. The van der Waals surface area contributed by atoms with Gasteiger partial charge in [-0.1, -0.05) is 29.8 Å². The number of nitrogens with zero attached hydrogens (tertiary/aromatic N) is 1. The molecule has 0 saturated heterocycles. The van der Waals surface area contributed by atoms with Gasteiger partial charge in [0, 0.05) is 5.39 Å². The Morgan fingerprint density at radius 2 is 1.83 bits per heavy atom. The van der Waals surface area contributed by atoms with Crippen molar-refractivity contribution in [2.75, 3.05) is 4.72 Å². The Morgan fingerprint density at radius 1 is 1.14 bits per heavy atom. The molecule has 1 heterocycles. The largest absolute Gasteiger partial charge is 1.00 e. The summed E-state index contributed by atoms with van der Waals surface area (Å²) in [6, 6.07) is 9.87. The highest BCUT2D eigenvalue weighted by atomic mass is 35.5. The van der Waals surface area contributed by atoms with Crippen molar-refractivity contribution >= 4 is 55.8 Å². The third kappa shape index (κ3) is 4.67. The smallest absolute Gasteiger partial charge is 0.337 e. The minimum atomic E-state index is -4.10. The van der Waals surface area contributed by atoms with Crippen LogP contribution >= 0.6 is 11.6 Å². The Balaban J connectivity index is 0.00000300. The number of carbonyl (C=O) groups is 1. The van der Waals surface area contributed by atoms with E-state index in [0.717, 1.165) is 0 Å². The molecule has 1 aromatic heterocycles. The molecule has 2 aromatic carbocycles. The second kappa shape index (κ2) is 8.52. The second-order valence-electron chi connectivity index (χ2n) is 5.69. The number of hydrogen-bond donors (Lipinski definition) is 4. The van der Waals surface area contributed by atoms with E-state index in [1.807, 2.05) is 0 Å². The highest BCUT2D eigenvalue weighted by Gasteiger charge is 2.21. The van der Waals surface area contributed by atoms with Gasteiger partial charge in [0.1, 0.15) is 6.20 Å². The van der Waals surface area contributed by atoms with E-state index in [1.165, 1.54) is 48.7 Å². The molecular formula is C17H15Cl2N5O4S. The number of aromatic amines is 1. The van der Waals surface area contributed by atoms with Crippen LogP contribution in [0.25, 0.3) is 10.8 Å². The molecule has 0 aliphatic rings. The number of carboxylic acids is 1. The molecule has 12 heteroatoms. The average Bonchev–Trinajstić information content (AvgIpc) is 2.63. The number of carboxylic acid groups (broad SMARTS) is 1. The van der Waals surface area contributed by atoms with E-state index in [4.69, 9.17) is 23.1 Å². The van der Waals surface area contributed by atoms with Gasteiger partial charge in [-0.3, -0.25) is 4.72 Å². The molecule has 0 fully saturated rings. The van der Waals surface area contributed by atoms with Crippen LogP contribution in [0.15, 0.2) is 58.5 Å². The summed E-state index contributed by atoms with van der Waals surface area (Å²) in [5.41, 5.74) is 10.6. The highest BCUT2D eigenvalue weighted by molar-refractivity contribution is 7.92. The van der Waals surface area contributed by atoms with Gasteiger partial charge < -0.3 is 29.0 Å². The molecule has 0 aliphatic carbocycles. The van der Waals surface area contributed by atoms with Crippen molar-refractivity contribution in [1.82, 2.24) is 0 Å². The van der Waals surface area contributed by atoms with Gasteiger partial charge >= 0.3 is 17.7 Å². The number of H-pyrrole nitrogens is 1. The lowest BCUT2D eigenvalue weighted by Crippen LogP contribution is -3.00. The number of sulfonamides is 1. The highest BCUT2D eigenvalue weighted by Crippen LogP contribution is 2.30. The zero-order valence-corrected chi connectivity index (χ0v) is 16.9. The van der Waals surface area contributed by atoms with Gasteiger partial charge in [-0.25, -0.2) is 18.2 Å². The molecule has 0 radical (unpaired) electrons. The first kappa shape index (κ1) is 22.2. The van der Waals surface area contributed by atoms with Gasteiger partial charge in [0.05, 0.1) is 26.6 Å². The molecule has 0 atom stereocenters. The fourth-order valence-corrected chi connectivity index (χ4v) is 3.89. The fourth-order valence-electron chi connectivity index (χ4n) is 2.57. The molecule has 152 valence electrons. The predicted octanol–water partition coefficient (Wildman–Crippen LogP) is -1.28. The van der Waals surface area contributed by atoms with Crippen molar-refractivity contribution in [2.45, 2.75) is 4.90 Å². The van der Waals surface area contributed by atoms with Gasteiger partial charge in [-0.2, -0.15) is 0 Å². The van der Waals surface area contributed by atoms with Crippen molar-refractivity contribution in [3.8, 4) is 0 Å². The van der Waals surface area contributed by atoms with Crippen LogP contribution in [0.5, 0.6) is 0 Å². The number of nitrogens with one attached hydrogen (secondary N) is 2. The number of aromatic carboxylic acids is 1. The van der Waals surface area contributed by atoms with Gasteiger partial charge in [-0.15, -0.1) is 0 Å². The van der Waals surface area contributed by atoms with Crippen molar-refractivity contribution < 1.29 is 35.7 Å². The van der Waals surface area contributed by atoms with E-state index in [2.05, 4.69) is 14.7 Å². The molecule has 3 rings (SSSR count). The SMILES string of the molecule is NC(N)=Nc1[nH+]cc(Cl)c2ccc(S(=O)(=O)Nc3ccccc3C(=O)O)cc12.[Cl-]. The van der Waals surface area contributed by atoms with Crippen molar-refractivity contribution in [3.63, 3.8) is 0 Å². The maximum Gasteiger partial charge on any atom is 0.337 e. The number of pyridine rings is 1. The minimum Gasteiger partial charge on any atom is -1.00 e. The normalized spacial score (nSPS) is 10.8. The number of nitrogens with two attached hydrogens (primary N) is 2. The molecule has 3 aromatic rings. The number of guanidine groups is 1. The Labute approximate surface area is 176 Å². The average molecular weight is 456 g/mol. The summed E-state index contributed by atoms with van der Waals surface area (Å²) in [5.74, 6) is -1.25. The Bertz CT molecular complexity index is 1230. The molecule has 7 N–H and O–H groups in total. The van der Waals surface area contributed by atoms with Crippen LogP contribution in [0.2, 0.25) is 5.02 Å². The van der Waals surface area contributed by atoms with Crippen LogP contribution < -0.4 is 33.6 Å². The number of aromatic nitrogens is 1. The summed E-state index contributed by atoms with van der Waals surface area (Å²) in [5, 5.41) is 10.5. The van der Waals surface area contributed by atoms with Crippen LogP contribution in [0, 0.1) is 0 Å². The minimum absolute atomic E-state index is 0. The summed E-state index contributed by atoms with van der Waals surface area (Å²) < 4.78 is 27.9. The van der Waals surface area contributed by atoms with E-state index in [1.54, 1.807) is 0 Å². The number of aliphatic imine (C=N–C) groups is 1. The molecule has 9 nitrogen and oxygen atoms in total. The Kier molecular flexibility index (Phi) is 6.52. The second-order valence-corrected chi connectivity index (χ2v) is 7.78. The molecular weight excluding hydrogens is 441 g/mol. The van der Waals surface area contributed by atoms with E-state index in [0.29, 0.717) is 15.8 Å². The summed E-state index contributed by atoms with van der Waals surface area (Å²) >= 11 is 6.15. The predicted molar refractivity (Wildman–Crippen MR) is 105 cm³/mol.